The van der Waals surface area contributed by atoms with Gasteiger partial charge in [-0.05, 0) is 58.2 Å². The fraction of sp³-hybridized carbons (Fsp3) is 0.545. The Hall–Kier alpha value is -2.30. The molecule has 27 heavy (non-hydrogen) atoms. The van der Waals surface area contributed by atoms with E-state index in [4.69, 9.17) is 5.10 Å². The number of rotatable bonds is 2. The summed E-state index contributed by atoms with van der Waals surface area (Å²) in [7, 11) is 2.09. The zero-order chi connectivity index (χ0) is 19.9. The van der Waals surface area contributed by atoms with Crippen molar-refractivity contribution in [3.8, 4) is 0 Å². The van der Waals surface area contributed by atoms with Crippen LogP contribution in [0.4, 0.5) is 11.4 Å². The Morgan fingerprint density at radius 1 is 1.19 bits per heavy atom. The average Bonchev–Trinajstić information content (AvgIpc) is 3.01. The van der Waals surface area contributed by atoms with E-state index in [-0.39, 0.29) is 17.5 Å². The normalized spacial score (nSPS) is 17.9. The number of hydrogen-bond acceptors (Lipinski definition) is 3. The van der Waals surface area contributed by atoms with Gasteiger partial charge < -0.3 is 9.80 Å². The van der Waals surface area contributed by atoms with Gasteiger partial charge in [-0.3, -0.25) is 9.48 Å². The van der Waals surface area contributed by atoms with Crippen LogP contribution in [-0.2, 0) is 5.54 Å². The first-order valence-electron chi connectivity index (χ1n) is 9.85. The summed E-state index contributed by atoms with van der Waals surface area (Å²) in [5.41, 5.74) is 3.51. The third-order valence-electron chi connectivity index (χ3n) is 5.28. The molecule has 0 aliphatic carbocycles. The van der Waals surface area contributed by atoms with Gasteiger partial charge in [-0.1, -0.05) is 26.0 Å². The molecular formula is C22H32N4O. The molecule has 1 aliphatic rings. The topological polar surface area (TPSA) is 41.4 Å². The number of hydrogen-bond donors (Lipinski definition) is 0. The number of nitrogens with zero attached hydrogens (tertiary/aromatic N) is 4. The van der Waals surface area contributed by atoms with E-state index < -0.39 is 0 Å². The summed E-state index contributed by atoms with van der Waals surface area (Å²) < 4.78 is 2.01. The highest BCUT2D eigenvalue weighted by atomic mass is 16.2. The summed E-state index contributed by atoms with van der Waals surface area (Å²) in [4.78, 5) is 17.7. The Bertz CT molecular complexity index is 831. The van der Waals surface area contributed by atoms with E-state index in [9.17, 15) is 4.79 Å². The lowest BCUT2D eigenvalue weighted by Crippen LogP contribution is -2.39. The molecule has 1 amide bonds. The second kappa shape index (κ2) is 7.02. The van der Waals surface area contributed by atoms with Crippen LogP contribution in [0.5, 0.6) is 0 Å². The van der Waals surface area contributed by atoms with Crippen molar-refractivity contribution in [3.63, 3.8) is 0 Å². The summed E-state index contributed by atoms with van der Waals surface area (Å²) in [6.45, 7) is 13.7. The van der Waals surface area contributed by atoms with Crippen molar-refractivity contribution in [1.29, 1.82) is 0 Å². The molecule has 0 spiro atoms. The summed E-state index contributed by atoms with van der Waals surface area (Å²) >= 11 is 0. The van der Waals surface area contributed by atoms with Crippen molar-refractivity contribution in [2.45, 2.75) is 65.5 Å². The highest BCUT2D eigenvalue weighted by molar-refractivity contribution is 6.07. The number of para-hydroxylation sites is 2. The first kappa shape index (κ1) is 19.5. The van der Waals surface area contributed by atoms with Crippen molar-refractivity contribution in [1.82, 2.24) is 9.78 Å². The molecule has 0 saturated heterocycles. The average molecular weight is 369 g/mol. The van der Waals surface area contributed by atoms with Crippen LogP contribution in [0, 0.1) is 0 Å². The quantitative estimate of drug-likeness (QED) is 0.776. The van der Waals surface area contributed by atoms with Crippen molar-refractivity contribution < 1.29 is 4.79 Å². The van der Waals surface area contributed by atoms with Crippen LogP contribution in [-0.4, -0.2) is 35.3 Å². The molecule has 1 aromatic heterocycles. The number of amides is 1. The molecule has 5 nitrogen and oxygen atoms in total. The molecule has 3 rings (SSSR count). The van der Waals surface area contributed by atoms with Crippen molar-refractivity contribution >= 4 is 17.3 Å². The number of carbonyl (C=O) groups excluding carboxylic acids is 1. The molecule has 1 aromatic carbocycles. The molecule has 2 aromatic rings. The van der Waals surface area contributed by atoms with E-state index in [2.05, 4.69) is 59.6 Å². The van der Waals surface area contributed by atoms with Crippen LogP contribution < -0.4 is 9.80 Å². The monoisotopic (exact) mass is 368 g/mol. The van der Waals surface area contributed by atoms with E-state index in [1.165, 1.54) is 0 Å². The minimum Gasteiger partial charge on any atom is -0.373 e. The maximum Gasteiger partial charge on any atom is 0.279 e. The molecule has 0 saturated carbocycles. The summed E-state index contributed by atoms with van der Waals surface area (Å²) in [6, 6.07) is 10.2. The molecule has 0 N–H and O–H groups in total. The predicted molar refractivity (Wildman–Crippen MR) is 112 cm³/mol. The first-order chi connectivity index (χ1) is 12.6. The van der Waals surface area contributed by atoms with Gasteiger partial charge in [0.15, 0.2) is 5.69 Å². The van der Waals surface area contributed by atoms with Gasteiger partial charge in [0.2, 0.25) is 0 Å². The number of fused-ring (bicyclic) bond motifs is 1. The number of benzene rings is 1. The van der Waals surface area contributed by atoms with Crippen LogP contribution in [0.25, 0.3) is 0 Å². The van der Waals surface area contributed by atoms with Gasteiger partial charge in [-0.15, -0.1) is 0 Å². The van der Waals surface area contributed by atoms with Crippen LogP contribution in [0.2, 0.25) is 0 Å². The minimum absolute atomic E-state index is 0.0184. The van der Waals surface area contributed by atoms with Gasteiger partial charge in [0, 0.05) is 25.3 Å². The van der Waals surface area contributed by atoms with Gasteiger partial charge in [-0.25, -0.2) is 0 Å². The zero-order valence-corrected chi connectivity index (χ0v) is 17.7. The fourth-order valence-electron chi connectivity index (χ4n) is 3.74. The second-order valence-electron chi connectivity index (χ2n) is 8.91. The predicted octanol–water partition coefficient (Wildman–Crippen LogP) is 4.64. The van der Waals surface area contributed by atoms with Gasteiger partial charge in [0.05, 0.1) is 16.9 Å². The van der Waals surface area contributed by atoms with Gasteiger partial charge in [-0.2, -0.15) is 5.10 Å². The number of carbonyl (C=O) groups is 1. The Labute approximate surface area is 163 Å². The second-order valence-corrected chi connectivity index (χ2v) is 8.91. The lowest BCUT2D eigenvalue weighted by atomic mass is 10.1. The zero-order valence-electron chi connectivity index (χ0n) is 17.7. The van der Waals surface area contributed by atoms with Crippen LogP contribution in [0.3, 0.4) is 0 Å². The van der Waals surface area contributed by atoms with Gasteiger partial charge >= 0.3 is 0 Å². The molecule has 2 heterocycles. The minimum atomic E-state index is -0.166. The molecule has 0 radical (unpaired) electrons. The van der Waals surface area contributed by atoms with Gasteiger partial charge in [0.1, 0.15) is 0 Å². The first-order valence-corrected chi connectivity index (χ1v) is 9.85. The number of aromatic nitrogens is 2. The Kier molecular flexibility index (Phi) is 5.06. The van der Waals surface area contributed by atoms with Gasteiger partial charge in [0.25, 0.3) is 5.91 Å². The van der Waals surface area contributed by atoms with E-state index in [0.717, 1.165) is 30.0 Å². The largest absolute Gasteiger partial charge is 0.373 e. The maximum absolute atomic E-state index is 13.6. The summed E-state index contributed by atoms with van der Waals surface area (Å²) in [6.07, 6.45) is 0.925. The molecule has 1 aliphatic heterocycles. The van der Waals surface area contributed by atoms with E-state index in [1.54, 1.807) is 0 Å². The lowest BCUT2D eigenvalue weighted by molar-refractivity contribution is 0.0972. The third-order valence-corrected chi connectivity index (χ3v) is 5.28. The third kappa shape index (κ3) is 3.60. The van der Waals surface area contributed by atoms with E-state index in [0.29, 0.717) is 11.6 Å². The van der Waals surface area contributed by atoms with Crippen LogP contribution in [0.15, 0.2) is 30.3 Å². The van der Waals surface area contributed by atoms with E-state index >= 15 is 0 Å². The molecule has 0 bridgehead atoms. The molecule has 5 heteroatoms. The SMILES string of the molecule is CC(C)c1cc(C(=O)N2c3ccccc3N(C)CC[C@@H]2C)nn1C(C)(C)C. The highest BCUT2D eigenvalue weighted by Gasteiger charge is 2.32. The van der Waals surface area contributed by atoms with E-state index in [1.807, 2.05) is 33.8 Å². The maximum atomic E-state index is 13.6. The molecule has 146 valence electrons. The molecule has 0 fully saturated rings. The highest BCUT2D eigenvalue weighted by Crippen LogP contribution is 2.35. The summed E-state index contributed by atoms with van der Waals surface area (Å²) in [5, 5.41) is 4.75. The Morgan fingerprint density at radius 3 is 2.37 bits per heavy atom. The summed E-state index contributed by atoms with van der Waals surface area (Å²) in [5.74, 6) is 0.286. The molecule has 1 atom stereocenters. The molecule has 0 unspecified atom stereocenters. The van der Waals surface area contributed by atoms with Crippen LogP contribution in [0.1, 0.15) is 70.1 Å². The number of anilines is 2. The van der Waals surface area contributed by atoms with Crippen molar-refractivity contribution in [2.75, 3.05) is 23.4 Å². The smallest absolute Gasteiger partial charge is 0.279 e. The van der Waals surface area contributed by atoms with Crippen molar-refractivity contribution in [3.05, 3.63) is 41.7 Å². The van der Waals surface area contributed by atoms with Crippen LogP contribution >= 0.6 is 0 Å². The standard InChI is InChI=1S/C22H32N4O/c1-15(2)20-14-17(23-26(20)22(4,5)6)21(27)25-16(3)12-13-24(7)18-10-8-9-11-19(18)25/h8-11,14-16H,12-13H2,1-7H3/t16-/m0/s1. The molecular weight excluding hydrogens is 336 g/mol. The Balaban J connectivity index is 2.09. The van der Waals surface area contributed by atoms with Crippen molar-refractivity contribution in [2.24, 2.45) is 0 Å². The Morgan fingerprint density at radius 2 is 1.81 bits per heavy atom. The fourth-order valence-corrected chi connectivity index (χ4v) is 3.74. The lowest BCUT2D eigenvalue weighted by Gasteiger charge is -2.28.